The van der Waals surface area contributed by atoms with Crippen LogP contribution in [0.4, 0.5) is 0 Å². The fraction of sp³-hybridized carbons (Fsp3) is 0.538. The van der Waals surface area contributed by atoms with Gasteiger partial charge in [-0.1, -0.05) is 24.3 Å². The van der Waals surface area contributed by atoms with Crippen LogP contribution in [-0.2, 0) is 66.3 Å². The van der Waals surface area contributed by atoms with Gasteiger partial charge in [-0.2, -0.15) is 0 Å². The molecule has 14 nitrogen and oxygen atoms in total. The number of nitrogens with zero attached hydrogens (tertiary/aromatic N) is 10. The molecule has 1 unspecified atom stereocenters. The molecule has 0 fully saturated rings. The van der Waals surface area contributed by atoms with Gasteiger partial charge in [0.2, 0.25) is 0 Å². The Kier molecular flexibility index (Phi) is 56.1. The molecular formula is C13H22ClCu4N14. The van der Waals surface area contributed by atoms with E-state index in [2.05, 4.69) is 53.4 Å². The smallest absolute Gasteiger partial charge is 0.693 e. The maximum atomic E-state index is 6.86. The topological polar surface area (TPSA) is 285 Å². The molecule has 0 aliphatic carbocycles. The van der Waals surface area contributed by atoms with Gasteiger partial charge in [-0.15, -0.1) is 16.8 Å². The van der Waals surface area contributed by atoms with Crippen LogP contribution in [-0.4, -0.2) is 30.6 Å². The summed E-state index contributed by atoms with van der Waals surface area (Å²) in [6.07, 6.45) is 10.9. The maximum Gasteiger partial charge on any atom is 2.00 e. The van der Waals surface area contributed by atoms with Gasteiger partial charge in [0.1, 0.15) is 0 Å². The van der Waals surface area contributed by atoms with Crippen molar-refractivity contribution in [3.05, 3.63) is 78.4 Å². The van der Waals surface area contributed by atoms with Gasteiger partial charge in [0.25, 0.3) is 0 Å². The van der Waals surface area contributed by atoms with Crippen molar-refractivity contribution >= 4 is 21.5 Å². The monoisotopic (exact) mass is 661 g/mol. The Morgan fingerprint density at radius 3 is 1.78 bits per heavy atom. The molecule has 6 N–H and O–H groups in total. The molecule has 0 saturated heterocycles. The number of rotatable bonds is 2. The van der Waals surface area contributed by atoms with E-state index < -0.39 is 0 Å². The van der Waals surface area contributed by atoms with Crippen LogP contribution < -0.4 is 0 Å². The zero-order valence-electron chi connectivity index (χ0n) is 16.3. The van der Waals surface area contributed by atoms with Crippen LogP contribution in [0.3, 0.4) is 0 Å². The molecule has 0 bridgehead atoms. The normalized spacial score (nSPS) is 15.2. The van der Waals surface area contributed by atoms with Crippen LogP contribution in [0, 0.1) is 11.1 Å². The minimum atomic E-state index is 0. The fourth-order valence-electron chi connectivity index (χ4n) is 2.40. The van der Waals surface area contributed by atoms with Gasteiger partial charge < -0.3 is 28.7 Å². The molecule has 3 heterocycles. The summed E-state index contributed by atoms with van der Waals surface area (Å²) in [7, 11) is 4.20. The molecule has 0 amide bonds. The van der Waals surface area contributed by atoms with E-state index in [0.717, 1.165) is 31.6 Å². The average Bonchev–Trinajstić information content (AvgIpc) is 3.40. The second kappa shape index (κ2) is 37.2. The average molecular weight is 664 g/mol. The summed E-state index contributed by atoms with van der Waals surface area (Å²) in [4.78, 5) is 14.0. The van der Waals surface area contributed by atoms with Crippen LogP contribution in [0.15, 0.2) is 33.9 Å². The first-order valence-corrected chi connectivity index (χ1v) is 8.75. The van der Waals surface area contributed by atoms with Crippen LogP contribution in [0.1, 0.15) is 25.7 Å². The summed E-state index contributed by atoms with van der Waals surface area (Å²) < 4.78 is 0. The van der Waals surface area contributed by atoms with Crippen LogP contribution in [0.2, 0.25) is 0 Å². The van der Waals surface area contributed by atoms with E-state index in [-0.39, 0.29) is 69.5 Å². The summed E-state index contributed by atoms with van der Waals surface area (Å²) in [6, 6.07) is 0.186. The zero-order chi connectivity index (χ0) is 20.9. The fourth-order valence-corrected chi connectivity index (χ4v) is 2.40. The summed E-state index contributed by atoms with van der Waals surface area (Å²) >= 11 is 3.66. The van der Waals surface area contributed by atoms with E-state index in [1.54, 1.807) is 9.82 Å². The van der Waals surface area contributed by atoms with E-state index in [4.69, 9.17) is 38.5 Å². The SMILES string of the molecule is C1=CC(C2=NCCC2)[N-]C(C2=NCCC2)=C1.[Cl][Cu].[Cu+2].[Cu+].[Cu+].[N-]=[N+]=N.[N-]=[N+]=N.[N-]=[N+]=[N-].[NH2-].[NH2-]. The Balaban J connectivity index is -0.0000000683. The number of nitrogens with one attached hydrogen (secondary N) is 2. The largest absolute Gasteiger partial charge is 2.00 e. The van der Waals surface area contributed by atoms with Crippen molar-refractivity contribution in [2.45, 2.75) is 31.7 Å². The number of nitrogens with two attached hydrogens (primary N) is 2. The van der Waals surface area contributed by atoms with Crippen molar-refractivity contribution in [1.82, 2.24) is 0 Å². The Bertz CT molecular complexity index is 635. The third-order valence-electron chi connectivity index (χ3n) is 3.24. The van der Waals surface area contributed by atoms with Crippen molar-refractivity contribution in [3.63, 3.8) is 0 Å². The first kappa shape index (κ1) is 48.3. The second-order valence-electron chi connectivity index (χ2n) is 4.71. The Labute approximate surface area is 230 Å². The van der Waals surface area contributed by atoms with Gasteiger partial charge in [0.15, 0.2) is 0 Å². The minimum Gasteiger partial charge on any atom is -0.693 e. The van der Waals surface area contributed by atoms with E-state index >= 15 is 0 Å². The third-order valence-corrected chi connectivity index (χ3v) is 3.24. The van der Waals surface area contributed by atoms with Gasteiger partial charge in [-0.05, 0) is 46.6 Å². The molecular weight excluding hydrogens is 642 g/mol. The number of allylic oxidation sites excluding steroid dienone is 3. The summed E-state index contributed by atoms with van der Waals surface area (Å²) in [5.41, 5.74) is 41.5. The molecule has 32 heavy (non-hydrogen) atoms. The second-order valence-corrected chi connectivity index (χ2v) is 4.71. The molecule has 0 aromatic rings. The molecule has 1 atom stereocenters. The Morgan fingerprint density at radius 1 is 0.969 bits per heavy atom. The molecule has 3 rings (SSSR count). The summed E-state index contributed by atoms with van der Waals surface area (Å²) in [5, 5.41) is 4.76. The molecule has 0 aromatic carbocycles. The minimum absolute atomic E-state index is 0. The molecule has 1 radical (unpaired) electrons. The first-order chi connectivity index (χ1) is 13.2. The number of halogens is 1. The first-order valence-electron chi connectivity index (χ1n) is 7.46. The van der Waals surface area contributed by atoms with Crippen LogP contribution in [0.25, 0.3) is 54.5 Å². The van der Waals surface area contributed by atoms with Crippen LogP contribution >= 0.6 is 10.1 Å². The van der Waals surface area contributed by atoms with Crippen molar-refractivity contribution < 1.29 is 66.3 Å². The molecule has 19 heteroatoms. The Hall–Kier alpha value is -1.16. The molecule has 3 aliphatic heterocycles. The molecule has 0 spiro atoms. The zero-order valence-corrected chi connectivity index (χ0v) is 20.8. The summed E-state index contributed by atoms with van der Waals surface area (Å²) in [5.74, 6) is 0. The Morgan fingerprint density at radius 2 is 1.41 bits per heavy atom. The van der Waals surface area contributed by atoms with Crippen molar-refractivity contribution in [1.29, 1.82) is 11.1 Å². The van der Waals surface area contributed by atoms with E-state index in [0.29, 0.717) is 0 Å². The maximum absolute atomic E-state index is 6.86. The molecule has 195 valence electrons. The van der Waals surface area contributed by atoms with E-state index in [1.165, 1.54) is 29.2 Å². The predicted molar refractivity (Wildman–Crippen MR) is 113 cm³/mol. The number of hydrogen-bond acceptors (Lipinski definition) is 4. The van der Waals surface area contributed by atoms with Crippen molar-refractivity contribution in [2.75, 3.05) is 13.1 Å². The van der Waals surface area contributed by atoms with Crippen molar-refractivity contribution in [2.24, 2.45) is 9.98 Å². The van der Waals surface area contributed by atoms with Gasteiger partial charge in [0.05, 0.1) is 0 Å². The van der Waals surface area contributed by atoms with E-state index in [1.807, 2.05) is 0 Å². The number of hydrogen-bond donors (Lipinski definition) is 2. The van der Waals surface area contributed by atoms with Gasteiger partial charge in [-0.25, -0.2) is 0 Å². The van der Waals surface area contributed by atoms with Gasteiger partial charge in [-0.3, -0.25) is 14.9 Å². The van der Waals surface area contributed by atoms with Crippen molar-refractivity contribution in [3.8, 4) is 0 Å². The third kappa shape index (κ3) is 23.5. The quantitative estimate of drug-likeness (QED) is 0.126. The molecule has 0 saturated carbocycles. The van der Waals surface area contributed by atoms with E-state index in [9.17, 15) is 0 Å². The molecule has 3 aliphatic rings. The summed E-state index contributed by atoms with van der Waals surface area (Å²) in [6.45, 7) is 1.95. The van der Waals surface area contributed by atoms with Crippen LogP contribution in [0.5, 0.6) is 0 Å². The molecule has 0 aromatic heterocycles. The standard InChI is InChI=1S/C13H16N3.ClH.4Cu.2HN3.N3.2H2N/c1-4-12(10-6-2-8-14-10)16-13(5-1)11-7-3-9-15-11;;;;;;3*1-3-2;;/h1,4-5,12H,2-3,6-9H2;1H;;;;;2*1H;;2*1H2/q-1;;3*+1;+2;;;3*-1/p-1. The van der Waals surface area contributed by atoms with Gasteiger partial charge in [0, 0.05) is 24.5 Å². The predicted octanol–water partition coefficient (Wildman–Crippen LogP) is 7.38. The van der Waals surface area contributed by atoms with Gasteiger partial charge >= 0.3 is 76.4 Å². The number of aliphatic imine (C=N–C) groups is 2.